The van der Waals surface area contributed by atoms with Gasteiger partial charge in [-0.3, -0.25) is 14.5 Å². The Labute approximate surface area is 225 Å². The van der Waals surface area contributed by atoms with Crippen molar-refractivity contribution in [1.29, 1.82) is 0 Å². The SMILES string of the molecule is CC(C)(C)NC(=O)[C@@H]1CNCCN1C[C@@H](O)C[C@@H](Cc1ccccc1)C(=O)N[C@H]1c2ccccc2C[C@H]1O. The molecule has 2 aliphatic rings. The van der Waals surface area contributed by atoms with Crippen molar-refractivity contribution in [3.05, 3.63) is 71.3 Å². The third-order valence-electron chi connectivity index (χ3n) is 7.35. The summed E-state index contributed by atoms with van der Waals surface area (Å²) in [6.45, 7) is 8.05. The normalized spacial score (nSPS) is 23.3. The second kappa shape index (κ2) is 12.4. The predicted octanol–water partition coefficient (Wildman–Crippen LogP) is 1.56. The van der Waals surface area contributed by atoms with Gasteiger partial charge in [0.15, 0.2) is 0 Å². The highest BCUT2D eigenvalue weighted by atomic mass is 16.3. The van der Waals surface area contributed by atoms with Crippen LogP contribution in [0.3, 0.4) is 0 Å². The van der Waals surface area contributed by atoms with Crippen molar-refractivity contribution in [2.75, 3.05) is 26.2 Å². The van der Waals surface area contributed by atoms with Gasteiger partial charge in [0.05, 0.1) is 18.2 Å². The lowest BCUT2D eigenvalue weighted by atomic mass is 9.91. The molecule has 1 heterocycles. The molecule has 8 heteroatoms. The smallest absolute Gasteiger partial charge is 0.239 e. The van der Waals surface area contributed by atoms with Gasteiger partial charge >= 0.3 is 0 Å². The maximum Gasteiger partial charge on any atom is 0.239 e. The van der Waals surface area contributed by atoms with Crippen LogP contribution in [0.15, 0.2) is 54.6 Å². The van der Waals surface area contributed by atoms with Crippen LogP contribution in [-0.4, -0.2) is 76.9 Å². The number of piperazine rings is 1. The van der Waals surface area contributed by atoms with Gasteiger partial charge in [-0.05, 0) is 50.3 Å². The van der Waals surface area contributed by atoms with Crippen LogP contribution < -0.4 is 16.0 Å². The van der Waals surface area contributed by atoms with E-state index in [0.29, 0.717) is 32.5 Å². The Morgan fingerprint density at radius 2 is 1.82 bits per heavy atom. The van der Waals surface area contributed by atoms with Gasteiger partial charge in [0.2, 0.25) is 11.8 Å². The van der Waals surface area contributed by atoms with Crippen molar-refractivity contribution >= 4 is 11.8 Å². The first kappa shape index (κ1) is 28.2. The number of hydrogen-bond donors (Lipinski definition) is 5. The maximum absolute atomic E-state index is 13.6. The van der Waals surface area contributed by atoms with E-state index in [1.165, 1.54) is 0 Å². The highest BCUT2D eigenvalue weighted by Crippen LogP contribution is 2.32. The van der Waals surface area contributed by atoms with Crippen molar-refractivity contribution in [1.82, 2.24) is 20.9 Å². The molecule has 5 atom stereocenters. The van der Waals surface area contributed by atoms with Gasteiger partial charge in [-0.2, -0.15) is 0 Å². The summed E-state index contributed by atoms with van der Waals surface area (Å²) in [7, 11) is 0. The van der Waals surface area contributed by atoms with Crippen LogP contribution in [0.4, 0.5) is 0 Å². The van der Waals surface area contributed by atoms with Crippen LogP contribution in [0.2, 0.25) is 0 Å². The average Bonchev–Trinajstić information content (AvgIpc) is 3.18. The minimum atomic E-state index is -0.793. The molecular formula is C30H42N4O4. The van der Waals surface area contributed by atoms with Crippen LogP contribution >= 0.6 is 0 Å². The number of aliphatic hydroxyl groups excluding tert-OH is 2. The number of aliphatic hydroxyl groups is 2. The first-order chi connectivity index (χ1) is 18.1. The number of amides is 2. The Balaban J connectivity index is 1.45. The van der Waals surface area contributed by atoms with Gasteiger partial charge in [-0.1, -0.05) is 54.6 Å². The first-order valence-corrected chi connectivity index (χ1v) is 13.7. The zero-order valence-corrected chi connectivity index (χ0v) is 22.7. The van der Waals surface area contributed by atoms with E-state index < -0.39 is 24.2 Å². The van der Waals surface area contributed by atoms with E-state index in [0.717, 1.165) is 23.2 Å². The standard InChI is InChI=1S/C30H42N4O4/c1-30(2,3)33-29(38)25-18-31-13-14-34(25)19-23(35)16-22(15-20-9-5-4-6-10-20)28(37)32-27-24-12-8-7-11-21(24)17-26(27)36/h4-12,22-23,25-27,31,35-36H,13-19H2,1-3H3,(H,32,37)(H,33,38)/t22-,23+,25+,26-,27+/m1/s1. The molecule has 1 fully saturated rings. The third-order valence-corrected chi connectivity index (χ3v) is 7.35. The minimum absolute atomic E-state index is 0.0654. The molecule has 0 bridgehead atoms. The summed E-state index contributed by atoms with van der Waals surface area (Å²) in [6.07, 6.45) is -0.236. The van der Waals surface area contributed by atoms with Crippen LogP contribution in [0.25, 0.3) is 0 Å². The molecule has 0 radical (unpaired) electrons. The Morgan fingerprint density at radius 1 is 1.11 bits per heavy atom. The quantitative estimate of drug-likeness (QED) is 0.342. The number of benzene rings is 2. The summed E-state index contributed by atoms with van der Waals surface area (Å²) in [4.78, 5) is 28.5. The second-order valence-corrected chi connectivity index (χ2v) is 11.7. The number of rotatable bonds is 9. The van der Waals surface area contributed by atoms with E-state index >= 15 is 0 Å². The van der Waals surface area contributed by atoms with Crippen molar-refractivity contribution in [2.24, 2.45) is 5.92 Å². The van der Waals surface area contributed by atoms with E-state index in [9.17, 15) is 19.8 Å². The van der Waals surface area contributed by atoms with E-state index in [1.807, 2.05) is 80.3 Å². The average molecular weight is 523 g/mol. The molecule has 0 aromatic heterocycles. The van der Waals surface area contributed by atoms with Gasteiger partial charge in [0.1, 0.15) is 6.04 Å². The molecule has 2 amide bonds. The van der Waals surface area contributed by atoms with E-state index in [2.05, 4.69) is 16.0 Å². The molecule has 1 aliphatic carbocycles. The molecule has 1 aliphatic heterocycles. The fourth-order valence-corrected chi connectivity index (χ4v) is 5.55. The molecule has 0 unspecified atom stereocenters. The molecule has 8 nitrogen and oxygen atoms in total. The minimum Gasteiger partial charge on any atom is -0.392 e. The zero-order chi connectivity index (χ0) is 27.3. The Hall–Kier alpha value is -2.78. The van der Waals surface area contributed by atoms with Crippen LogP contribution in [0.5, 0.6) is 0 Å². The molecule has 0 saturated carbocycles. The monoisotopic (exact) mass is 522 g/mol. The molecule has 38 heavy (non-hydrogen) atoms. The number of nitrogens with zero attached hydrogens (tertiary/aromatic N) is 1. The summed E-state index contributed by atoms with van der Waals surface area (Å²) >= 11 is 0. The molecule has 2 aromatic rings. The Kier molecular flexibility index (Phi) is 9.20. The number of carbonyl (C=O) groups is 2. The second-order valence-electron chi connectivity index (χ2n) is 11.7. The largest absolute Gasteiger partial charge is 0.392 e. The van der Waals surface area contributed by atoms with E-state index in [4.69, 9.17) is 0 Å². The van der Waals surface area contributed by atoms with Crippen LogP contribution in [0, 0.1) is 5.92 Å². The van der Waals surface area contributed by atoms with Crippen molar-refractivity contribution in [2.45, 2.75) is 69.9 Å². The van der Waals surface area contributed by atoms with Crippen molar-refractivity contribution in [3.63, 3.8) is 0 Å². The van der Waals surface area contributed by atoms with Crippen molar-refractivity contribution < 1.29 is 19.8 Å². The topological polar surface area (TPSA) is 114 Å². The number of hydrogen-bond acceptors (Lipinski definition) is 6. The Bertz CT molecular complexity index is 1090. The molecule has 0 spiro atoms. The maximum atomic E-state index is 13.6. The lowest BCUT2D eigenvalue weighted by Gasteiger charge is -2.38. The van der Waals surface area contributed by atoms with Crippen LogP contribution in [-0.2, 0) is 22.4 Å². The number of β-amino-alcohol motifs (C(OH)–C–C–N with tert-alkyl or cyclic N) is 1. The van der Waals surface area contributed by atoms with Gasteiger partial charge in [0, 0.05) is 44.1 Å². The van der Waals surface area contributed by atoms with Crippen molar-refractivity contribution in [3.8, 4) is 0 Å². The third kappa shape index (κ3) is 7.41. The molecule has 2 aromatic carbocycles. The zero-order valence-electron chi connectivity index (χ0n) is 22.7. The summed E-state index contributed by atoms with van der Waals surface area (Å²) in [5, 5.41) is 31.3. The van der Waals surface area contributed by atoms with E-state index in [1.54, 1.807) is 0 Å². The van der Waals surface area contributed by atoms with E-state index in [-0.39, 0.29) is 29.8 Å². The number of carbonyl (C=O) groups excluding carboxylic acids is 2. The fourth-order valence-electron chi connectivity index (χ4n) is 5.55. The predicted molar refractivity (Wildman–Crippen MR) is 147 cm³/mol. The first-order valence-electron chi connectivity index (χ1n) is 13.7. The molecule has 1 saturated heterocycles. The molecule has 5 N–H and O–H groups in total. The summed E-state index contributed by atoms with van der Waals surface area (Å²) in [6, 6.07) is 16.7. The van der Waals surface area contributed by atoms with Gasteiger partial charge in [-0.25, -0.2) is 0 Å². The van der Waals surface area contributed by atoms with Gasteiger partial charge in [-0.15, -0.1) is 0 Å². The Morgan fingerprint density at radius 3 is 2.55 bits per heavy atom. The lowest BCUT2D eigenvalue weighted by molar-refractivity contribution is -0.130. The van der Waals surface area contributed by atoms with Gasteiger partial charge < -0.3 is 26.2 Å². The fraction of sp³-hybridized carbons (Fsp3) is 0.533. The number of nitrogens with one attached hydrogen (secondary N) is 3. The summed E-state index contributed by atoms with van der Waals surface area (Å²) in [5.74, 6) is -0.738. The molecule has 4 rings (SSSR count). The lowest BCUT2D eigenvalue weighted by Crippen LogP contribution is -2.61. The summed E-state index contributed by atoms with van der Waals surface area (Å²) < 4.78 is 0. The molecular weight excluding hydrogens is 480 g/mol. The number of fused-ring (bicyclic) bond motifs is 1. The van der Waals surface area contributed by atoms with Gasteiger partial charge in [0.25, 0.3) is 0 Å². The molecule has 206 valence electrons. The highest BCUT2D eigenvalue weighted by molar-refractivity contribution is 5.83. The summed E-state index contributed by atoms with van der Waals surface area (Å²) in [5.41, 5.74) is 2.65. The van der Waals surface area contributed by atoms with Crippen LogP contribution in [0.1, 0.15) is 49.9 Å². The highest BCUT2D eigenvalue weighted by Gasteiger charge is 2.35.